The van der Waals surface area contributed by atoms with E-state index in [0.29, 0.717) is 24.3 Å². The molecule has 6 heteroatoms. The second kappa shape index (κ2) is 9.22. The lowest BCUT2D eigenvalue weighted by molar-refractivity contribution is 0.0937. The molecule has 0 saturated heterocycles. The van der Waals surface area contributed by atoms with Crippen LogP contribution >= 0.6 is 0 Å². The number of methoxy groups -OCH3 is 2. The van der Waals surface area contributed by atoms with E-state index in [9.17, 15) is 9.59 Å². The molecule has 1 heterocycles. The average Bonchev–Trinajstić information content (AvgIpc) is 2.73. The normalized spacial score (nSPS) is 14.5. The van der Waals surface area contributed by atoms with Gasteiger partial charge in [-0.05, 0) is 50.1 Å². The zero-order valence-corrected chi connectivity index (χ0v) is 18.0. The van der Waals surface area contributed by atoms with Crippen LogP contribution in [-0.4, -0.2) is 50.3 Å². The fraction of sp³-hybridized carbons (Fsp3) is 0.375. The van der Waals surface area contributed by atoms with E-state index in [1.165, 1.54) is 0 Å². The van der Waals surface area contributed by atoms with Crippen LogP contribution in [0.2, 0.25) is 0 Å². The number of nitrogens with one attached hydrogen (secondary N) is 1. The molecule has 0 fully saturated rings. The van der Waals surface area contributed by atoms with Gasteiger partial charge in [0.1, 0.15) is 5.75 Å². The summed E-state index contributed by atoms with van der Waals surface area (Å²) in [7, 11) is 3.20. The molecule has 3 rings (SSSR count). The van der Waals surface area contributed by atoms with E-state index >= 15 is 0 Å². The van der Waals surface area contributed by atoms with E-state index in [-0.39, 0.29) is 23.7 Å². The Bertz CT molecular complexity index is 979. The largest absolute Gasteiger partial charge is 0.497 e. The first-order valence-corrected chi connectivity index (χ1v) is 9.99. The maximum absolute atomic E-state index is 13.1. The Morgan fingerprint density at radius 1 is 1.10 bits per heavy atom. The number of carbonyl (C=O) groups excluding carboxylic acids is 2. The summed E-state index contributed by atoms with van der Waals surface area (Å²) in [6.45, 7) is 4.98. The predicted molar refractivity (Wildman–Crippen MR) is 117 cm³/mol. The van der Waals surface area contributed by atoms with E-state index in [2.05, 4.69) is 19.2 Å². The number of ketones is 1. The minimum Gasteiger partial charge on any atom is -0.497 e. The number of Topliss-reactive ketones (excluding diaryl/α,β-unsaturated/α-hetero) is 1. The van der Waals surface area contributed by atoms with Gasteiger partial charge in [-0.2, -0.15) is 0 Å². The van der Waals surface area contributed by atoms with Gasteiger partial charge in [-0.15, -0.1) is 0 Å². The van der Waals surface area contributed by atoms with Crippen molar-refractivity contribution in [1.82, 2.24) is 5.32 Å². The Labute approximate surface area is 177 Å². The van der Waals surface area contributed by atoms with Gasteiger partial charge in [0.15, 0.2) is 5.78 Å². The quantitative estimate of drug-likeness (QED) is 0.536. The maximum atomic E-state index is 13.1. The van der Waals surface area contributed by atoms with Gasteiger partial charge >= 0.3 is 0 Å². The molecule has 0 aromatic heterocycles. The van der Waals surface area contributed by atoms with Gasteiger partial charge < -0.3 is 14.8 Å². The molecule has 1 amide bonds. The molecule has 2 aromatic rings. The van der Waals surface area contributed by atoms with Crippen molar-refractivity contribution in [3.05, 3.63) is 64.7 Å². The highest BCUT2D eigenvalue weighted by Gasteiger charge is 2.28. The molecule has 0 radical (unpaired) electrons. The molecule has 1 aliphatic rings. The molecule has 1 aliphatic heterocycles. The van der Waals surface area contributed by atoms with E-state index in [1.54, 1.807) is 38.5 Å². The topological polar surface area (TPSA) is 77.0 Å². The molecule has 0 aliphatic carbocycles. The first-order valence-electron chi connectivity index (χ1n) is 9.99. The molecule has 0 unspecified atom stereocenters. The van der Waals surface area contributed by atoms with E-state index in [4.69, 9.17) is 14.5 Å². The third-order valence-electron chi connectivity index (χ3n) is 5.06. The van der Waals surface area contributed by atoms with E-state index in [0.717, 1.165) is 29.0 Å². The number of carbonyl (C=O) groups is 2. The summed E-state index contributed by atoms with van der Waals surface area (Å²) in [5.41, 5.74) is 3.52. The molecule has 2 aromatic carbocycles. The van der Waals surface area contributed by atoms with Gasteiger partial charge in [-0.25, -0.2) is 0 Å². The van der Waals surface area contributed by atoms with Crippen LogP contribution in [-0.2, 0) is 11.2 Å². The monoisotopic (exact) mass is 408 g/mol. The number of benzene rings is 2. The van der Waals surface area contributed by atoms with Crippen molar-refractivity contribution in [1.29, 1.82) is 0 Å². The summed E-state index contributed by atoms with van der Waals surface area (Å²) in [6.07, 6.45) is 0.972. The summed E-state index contributed by atoms with van der Waals surface area (Å²) >= 11 is 0. The number of hydrogen-bond donors (Lipinski definition) is 1. The highest BCUT2D eigenvalue weighted by atomic mass is 16.5. The van der Waals surface area contributed by atoms with Gasteiger partial charge in [-0.1, -0.05) is 18.2 Å². The Morgan fingerprint density at radius 3 is 2.60 bits per heavy atom. The number of fused-ring (bicyclic) bond motifs is 1. The highest BCUT2D eigenvalue weighted by molar-refractivity contribution is 6.17. The molecular formula is C24H28N2O4. The van der Waals surface area contributed by atoms with Crippen molar-refractivity contribution in [3.8, 4) is 5.75 Å². The summed E-state index contributed by atoms with van der Waals surface area (Å²) in [5.74, 6) is 0.433. The van der Waals surface area contributed by atoms with Crippen molar-refractivity contribution >= 4 is 17.4 Å². The predicted octanol–water partition coefficient (Wildman–Crippen LogP) is 3.47. The minimum atomic E-state index is -0.277. The second-order valence-electron chi connectivity index (χ2n) is 8.00. The molecule has 0 atom stereocenters. The smallest absolute Gasteiger partial charge is 0.251 e. The summed E-state index contributed by atoms with van der Waals surface area (Å²) in [5, 5.41) is 2.77. The van der Waals surface area contributed by atoms with Crippen LogP contribution in [0, 0.1) is 0 Å². The molecule has 0 spiro atoms. The minimum absolute atomic E-state index is 0.0771. The van der Waals surface area contributed by atoms with Gasteiger partial charge in [0.05, 0.1) is 31.4 Å². The Hall–Kier alpha value is -2.99. The molecule has 158 valence electrons. The molecule has 6 nitrogen and oxygen atoms in total. The Morgan fingerprint density at radius 2 is 1.87 bits per heavy atom. The molecule has 1 N–H and O–H groups in total. The zero-order chi connectivity index (χ0) is 21.7. The first kappa shape index (κ1) is 21.7. The summed E-state index contributed by atoms with van der Waals surface area (Å²) < 4.78 is 10.3. The van der Waals surface area contributed by atoms with Crippen LogP contribution in [0.3, 0.4) is 0 Å². The molecule has 0 saturated carbocycles. The van der Waals surface area contributed by atoms with Crippen molar-refractivity contribution in [2.75, 3.05) is 27.4 Å². The number of rotatable bonds is 8. The number of hydrogen-bond acceptors (Lipinski definition) is 5. The lowest BCUT2D eigenvalue weighted by Crippen LogP contribution is -2.30. The standard InChI is InChI=1S/C24H28N2O4/c1-24(2)15-18-8-9-19(30-4)13-20(18)21(26-24)14-22(27)16-6-5-7-17(12-16)23(28)25-10-11-29-3/h5-9,12-13H,10-11,14-15H2,1-4H3,(H,25,28). The number of aliphatic imine (C=N–C) groups is 1. The van der Waals surface area contributed by atoms with Crippen molar-refractivity contribution < 1.29 is 19.1 Å². The fourth-order valence-corrected chi connectivity index (χ4v) is 3.63. The van der Waals surface area contributed by atoms with Gasteiger partial charge in [0, 0.05) is 30.3 Å². The third kappa shape index (κ3) is 5.13. The van der Waals surface area contributed by atoms with Crippen molar-refractivity contribution in [2.24, 2.45) is 4.99 Å². The molecule has 0 bridgehead atoms. The van der Waals surface area contributed by atoms with Crippen LogP contribution < -0.4 is 10.1 Å². The average molecular weight is 408 g/mol. The Kier molecular flexibility index (Phi) is 6.67. The SMILES string of the molecule is COCCNC(=O)c1cccc(C(=O)CC2=NC(C)(C)Cc3ccc(OC)cc32)c1. The van der Waals surface area contributed by atoms with Gasteiger partial charge in [0.2, 0.25) is 0 Å². The Balaban J connectivity index is 1.83. The fourth-order valence-electron chi connectivity index (χ4n) is 3.63. The lowest BCUT2D eigenvalue weighted by Gasteiger charge is -2.29. The molecular weight excluding hydrogens is 380 g/mol. The maximum Gasteiger partial charge on any atom is 0.251 e. The van der Waals surface area contributed by atoms with Crippen LogP contribution in [0.5, 0.6) is 5.75 Å². The summed E-state index contributed by atoms with van der Waals surface area (Å²) in [6, 6.07) is 12.7. The van der Waals surface area contributed by atoms with Crippen LogP contribution in [0.25, 0.3) is 0 Å². The second-order valence-corrected chi connectivity index (χ2v) is 8.00. The number of amides is 1. The van der Waals surface area contributed by atoms with Crippen LogP contribution in [0.15, 0.2) is 47.5 Å². The molecule has 30 heavy (non-hydrogen) atoms. The van der Waals surface area contributed by atoms with Crippen molar-refractivity contribution in [2.45, 2.75) is 32.2 Å². The van der Waals surface area contributed by atoms with E-state index in [1.807, 2.05) is 18.2 Å². The lowest BCUT2D eigenvalue weighted by atomic mass is 9.85. The van der Waals surface area contributed by atoms with Gasteiger partial charge in [0.25, 0.3) is 5.91 Å². The number of nitrogens with zero attached hydrogens (tertiary/aromatic N) is 1. The first-order chi connectivity index (χ1) is 14.3. The zero-order valence-electron chi connectivity index (χ0n) is 18.0. The third-order valence-corrected chi connectivity index (χ3v) is 5.06. The number of ether oxygens (including phenoxy) is 2. The van der Waals surface area contributed by atoms with Crippen LogP contribution in [0.1, 0.15) is 52.1 Å². The van der Waals surface area contributed by atoms with E-state index < -0.39 is 0 Å². The van der Waals surface area contributed by atoms with Crippen molar-refractivity contribution in [3.63, 3.8) is 0 Å². The summed E-state index contributed by atoms with van der Waals surface area (Å²) in [4.78, 5) is 30.2. The van der Waals surface area contributed by atoms with Crippen LogP contribution in [0.4, 0.5) is 0 Å². The van der Waals surface area contributed by atoms with Gasteiger partial charge in [-0.3, -0.25) is 14.6 Å². The highest BCUT2D eigenvalue weighted by Crippen LogP contribution is 2.31.